The van der Waals surface area contributed by atoms with Crippen LogP contribution in [0.4, 0.5) is 10.2 Å². The number of aromatic nitrogens is 1. The van der Waals surface area contributed by atoms with Gasteiger partial charge in [0.2, 0.25) is 10.0 Å². The first-order valence-electron chi connectivity index (χ1n) is 9.23. The molecule has 0 aliphatic carbocycles. The van der Waals surface area contributed by atoms with E-state index in [4.69, 9.17) is 0 Å². The number of rotatable bonds is 8. The van der Waals surface area contributed by atoms with Crippen LogP contribution in [0.2, 0.25) is 0 Å². The van der Waals surface area contributed by atoms with E-state index in [2.05, 4.69) is 4.98 Å². The van der Waals surface area contributed by atoms with Crippen molar-refractivity contribution >= 4 is 21.6 Å². The number of sulfonamides is 1. The van der Waals surface area contributed by atoms with E-state index in [1.54, 1.807) is 47.5 Å². The molecule has 0 aliphatic rings. The highest BCUT2D eigenvalue weighted by molar-refractivity contribution is 7.89. The number of halogens is 1. The number of benzene rings is 2. The Bertz CT molecular complexity index is 1120. The predicted octanol–water partition coefficient (Wildman–Crippen LogP) is 3.36. The van der Waals surface area contributed by atoms with E-state index in [1.165, 1.54) is 38.4 Å². The second-order valence-corrected chi connectivity index (χ2v) is 9.06. The fraction of sp³-hybridized carbons (Fsp3) is 0.182. The van der Waals surface area contributed by atoms with Crippen LogP contribution in [0, 0.1) is 5.82 Å². The third kappa shape index (κ3) is 5.08. The highest BCUT2D eigenvalue weighted by atomic mass is 32.2. The summed E-state index contributed by atoms with van der Waals surface area (Å²) < 4.78 is 39.1. The average Bonchev–Trinajstić information content (AvgIpc) is 2.75. The van der Waals surface area contributed by atoms with Crippen molar-refractivity contribution in [1.82, 2.24) is 9.29 Å². The zero-order valence-electron chi connectivity index (χ0n) is 16.7. The van der Waals surface area contributed by atoms with Gasteiger partial charge >= 0.3 is 0 Å². The SMILES string of the molecule is CN(C)S(=O)(=O)c1cccc(C(=O)CN(Cc2ccc(F)cc2)c2ccccn2)c1. The van der Waals surface area contributed by atoms with Crippen LogP contribution >= 0.6 is 0 Å². The minimum absolute atomic E-state index is 0.0140. The minimum Gasteiger partial charge on any atom is -0.345 e. The van der Waals surface area contributed by atoms with Gasteiger partial charge in [-0.2, -0.15) is 0 Å². The molecule has 156 valence electrons. The Morgan fingerprint density at radius 2 is 1.73 bits per heavy atom. The highest BCUT2D eigenvalue weighted by Gasteiger charge is 2.20. The number of ketones is 1. The van der Waals surface area contributed by atoms with E-state index < -0.39 is 10.0 Å². The van der Waals surface area contributed by atoms with Crippen molar-refractivity contribution in [2.45, 2.75) is 11.4 Å². The van der Waals surface area contributed by atoms with Crippen LogP contribution in [-0.2, 0) is 16.6 Å². The van der Waals surface area contributed by atoms with Crippen molar-refractivity contribution in [1.29, 1.82) is 0 Å². The Morgan fingerprint density at radius 3 is 2.37 bits per heavy atom. The third-order valence-electron chi connectivity index (χ3n) is 4.53. The molecule has 8 heteroatoms. The molecule has 2 aromatic carbocycles. The van der Waals surface area contributed by atoms with E-state index in [1.807, 2.05) is 6.07 Å². The van der Waals surface area contributed by atoms with E-state index in [9.17, 15) is 17.6 Å². The lowest BCUT2D eigenvalue weighted by molar-refractivity contribution is 0.0998. The fourth-order valence-corrected chi connectivity index (χ4v) is 3.82. The lowest BCUT2D eigenvalue weighted by Crippen LogP contribution is -2.30. The average molecular weight is 428 g/mol. The summed E-state index contributed by atoms with van der Waals surface area (Å²) in [5, 5.41) is 0. The summed E-state index contributed by atoms with van der Waals surface area (Å²) in [4.78, 5) is 19.1. The molecule has 3 aromatic rings. The number of hydrogen-bond acceptors (Lipinski definition) is 5. The second-order valence-electron chi connectivity index (χ2n) is 6.91. The number of pyridine rings is 1. The summed E-state index contributed by atoms with van der Waals surface area (Å²) in [5.74, 6) is 0.00365. The Kier molecular flexibility index (Phi) is 6.59. The van der Waals surface area contributed by atoms with E-state index in [-0.39, 0.29) is 28.6 Å². The molecule has 30 heavy (non-hydrogen) atoms. The van der Waals surface area contributed by atoms with Crippen LogP contribution in [0.25, 0.3) is 0 Å². The Morgan fingerprint density at radius 1 is 1.00 bits per heavy atom. The van der Waals surface area contributed by atoms with Gasteiger partial charge in [0.05, 0.1) is 11.4 Å². The van der Waals surface area contributed by atoms with Gasteiger partial charge in [-0.1, -0.05) is 30.3 Å². The van der Waals surface area contributed by atoms with Gasteiger partial charge in [0.25, 0.3) is 0 Å². The molecule has 0 unspecified atom stereocenters. The normalized spacial score (nSPS) is 11.5. The topological polar surface area (TPSA) is 70.6 Å². The quantitative estimate of drug-likeness (QED) is 0.516. The zero-order chi connectivity index (χ0) is 21.7. The van der Waals surface area contributed by atoms with Crippen molar-refractivity contribution in [3.8, 4) is 0 Å². The molecule has 0 spiro atoms. The van der Waals surface area contributed by atoms with Gasteiger partial charge in [0.1, 0.15) is 11.6 Å². The second kappa shape index (κ2) is 9.15. The molecule has 0 amide bonds. The maximum atomic E-state index is 13.2. The lowest BCUT2D eigenvalue weighted by Gasteiger charge is -2.23. The number of carbonyl (C=O) groups is 1. The van der Waals surface area contributed by atoms with E-state index in [0.29, 0.717) is 12.4 Å². The summed E-state index contributed by atoms with van der Waals surface area (Å²) in [6.07, 6.45) is 1.63. The minimum atomic E-state index is -3.65. The molecule has 1 heterocycles. The van der Waals surface area contributed by atoms with Crippen molar-refractivity contribution < 1.29 is 17.6 Å². The molecule has 1 aromatic heterocycles. The Labute approximate surface area is 175 Å². The first-order valence-corrected chi connectivity index (χ1v) is 10.7. The largest absolute Gasteiger partial charge is 0.345 e. The maximum Gasteiger partial charge on any atom is 0.242 e. The molecular weight excluding hydrogens is 405 g/mol. The van der Waals surface area contributed by atoms with Crippen LogP contribution in [0.5, 0.6) is 0 Å². The molecule has 0 aliphatic heterocycles. The number of carbonyl (C=O) groups excluding carboxylic acids is 1. The molecule has 0 saturated heterocycles. The van der Waals surface area contributed by atoms with Crippen LogP contribution in [0.15, 0.2) is 77.8 Å². The number of nitrogens with zero attached hydrogens (tertiary/aromatic N) is 3. The first-order chi connectivity index (χ1) is 14.3. The molecule has 6 nitrogen and oxygen atoms in total. The molecule has 0 N–H and O–H groups in total. The standard InChI is InChI=1S/C22H22FN3O3S/c1-25(2)30(28,29)20-7-5-6-18(14-20)21(27)16-26(22-8-3-4-13-24-22)15-17-9-11-19(23)12-10-17/h3-14H,15-16H2,1-2H3. The van der Waals surface area contributed by atoms with E-state index >= 15 is 0 Å². The van der Waals surface area contributed by atoms with Crippen LogP contribution in [-0.4, -0.2) is 44.1 Å². The molecule has 0 radical (unpaired) electrons. The zero-order valence-corrected chi connectivity index (χ0v) is 17.5. The summed E-state index contributed by atoms with van der Waals surface area (Å²) >= 11 is 0. The van der Waals surface area contributed by atoms with E-state index in [0.717, 1.165) is 9.87 Å². The molecule has 3 rings (SSSR count). The van der Waals surface area contributed by atoms with Crippen LogP contribution < -0.4 is 4.90 Å². The van der Waals surface area contributed by atoms with Crippen molar-refractivity contribution in [3.05, 3.63) is 89.9 Å². The van der Waals surface area contributed by atoms with Crippen molar-refractivity contribution in [2.75, 3.05) is 25.5 Å². The monoisotopic (exact) mass is 427 g/mol. The number of Topliss-reactive ketones (excluding diaryl/α,β-unsaturated/α-hetero) is 1. The van der Waals surface area contributed by atoms with Crippen LogP contribution in [0.1, 0.15) is 15.9 Å². The van der Waals surface area contributed by atoms with Gasteiger partial charge in [0.15, 0.2) is 5.78 Å². The van der Waals surface area contributed by atoms with Gasteiger partial charge in [-0.15, -0.1) is 0 Å². The summed E-state index contributed by atoms with van der Waals surface area (Å²) in [6, 6.07) is 17.4. The van der Waals surface area contributed by atoms with Crippen LogP contribution in [0.3, 0.4) is 0 Å². The highest BCUT2D eigenvalue weighted by Crippen LogP contribution is 2.18. The van der Waals surface area contributed by atoms with Gasteiger partial charge < -0.3 is 4.90 Å². The fourth-order valence-electron chi connectivity index (χ4n) is 2.87. The number of anilines is 1. The smallest absolute Gasteiger partial charge is 0.242 e. The van der Waals surface area contributed by atoms with Crippen molar-refractivity contribution in [3.63, 3.8) is 0 Å². The third-order valence-corrected chi connectivity index (χ3v) is 6.34. The van der Waals surface area contributed by atoms with Gasteiger partial charge in [-0.3, -0.25) is 4.79 Å². The van der Waals surface area contributed by atoms with Crippen molar-refractivity contribution in [2.24, 2.45) is 0 Å². The molecular formula is C22H22FN3O3S. The van der Waals surface area contributed by atoms with Gasteiger partial charge in [-0.25, -0.2) is 22.1 Å². The summed E-state index contributed by atoms with van der Waals surface area (Å²) in [5.41, 5.74) is 1.11. The Hall–Kier alpha value is -3.10. The molecule has 0 atom stereocenters. The Balaban J connectivity index is 1.87. The van der Waals surface area contributed by atoms with Gasteiger partial charge in [0, 0.05) is 32.4 Å². The molecule has 0 bridgehead atoms. The summed E-state index contributed by atoms with van der Waals surface area (Å²) in [7, 11) is -0.767. The first kappa shape index (κ1) is 21.6. The predicted molar refractivity (Wildman–Crippen MR) is 113 cm³/mol. The number of hydrogen-bond donors (Lipinski definition) is 0. The molecule has 0 saturated carbocycles. The maximum absolute atomic E-state index is 13.2. The molecule has 0 fully saturated rings. The van der Waals surface area contributed by atoms with Gasteiger partial charge in [-0.05, 0) is 42.0 Å². The summed E-state index contributed by atoms with van der Waals surface area (Å²) in [6.45, 7) is 0.332. The lowest BCUT2D eigenvalue weighted by atomic mass is 10.1.